The molecule has 0 unspecified atom stereocenters. The molecule has 2 aliphatic rings. The molecular formula is C22H18F2O2Zr. The van der Waals surface area contributed by atoms with E-state index >= 15 is 0 Å². The summed E-state index contributed by atoms with van der Waals surface area (Å²) < 4.78 is 42.1. The molecule has 0 amide bonds. The van der Waals surface area contributed by atoms with Crippen LogP contribution in [0.4, 0.5) is 8.78 Å². The van der Waals surface area contributed by atoms with Crippen LogP contribution >= 0.6 is 0 Å². The van der Waals surface area contributed by atoms with E-state index in [1.165, 1.54) is 24.3 Å². The maximum absolute atomic E-state index is 13.4. The van der Waals surface area contributed by atoms with Crippen LogP contribution in [0.2, 0.25) is 0 Å². The Kier molecular flexibility index (Phi) is 5.22. The zero-order valence-electron chi connectivity index (χ0n) is 14.6. The molecule has 27 heavy (non-hydrogen) atoms. The Labute approximate surface area is 162 Å². The van der Waals surface area contributed by atoms with Gasteiger partial charge in [0.2, 0.25) is 0 Å². The number of hydrogen-bond acceptors (Lipinski definition) is 2. The summed E-state index contributed by atoms with van der Waals surface area (Å²) in [6, 6.07) is 12.0. The molecule has 0 saturated heterocycles. The third-order valence-electron chi connectivity index (χ3n) is 4.54. The second-order valence-electron chi connectivity index (χ2n) is 6.38. The Morgan fingerprint density at radius 1 is 0.630 bits per heavy atom. The molecule has 4 rings (SSSR count). The Hall–Kier alpha value is -2.26. The number of rotatable bonds is 6. The van der Waals surface area contributed by atoms with Gasteiger partial charge in [-0.25, -0.2) is 0 Å². The molecule has 2 nitrogen and oxygen atoms in total. The molecule has 0 fully saturated rings. The summed E-state index contributed by atoms with van der Waals surface area (Å²) in [6.07, 6.45) is 13.8. The molecule has 0 aromatic heterocycles. The Morgan fingerprint density at radius 2 is 1.04 bits per heavy atom. The van der Waals surface area contributed by atoms with E-state index in [0.717, 1.165) is 19.4 Å². The number of halogens is 2. The first-order chi connectivity index (χ1) is 13.2. The molecule has 0 atom stereocenters. The third-order valence-corrected chi connectivity index (χ3v) is 13.1. The van der Waals surface area contributed by atoms with Crippen molar-refractivity contribution in [2.45, 2.75) is 12.8 Å². The molecule has 0 heterocycles. The molecule has 5 heteroatoms. The summed E-state index contributed by atoms with van der Waals surface area (Å²) in [4.78, 5) is 0. The summed E-state index contributed by atoms with van der Waals surface area (Å²) in [5.41, 5.74) is 0. The maximum atomic E-state index is 13.4. The van der Waals surface area contributed by atoms with Gasteiger partial charge in [-0.15, -0.1) is 0 Å². The van der Waals surface area contributed by atoms with Crippen LogP contribution < -0.4 is 5.63 Å². The van der Waals surface area contributed by atoms with E-state index in [2.05, 4.69) is 24.3 Å². The molecule has 0 radical (unpaired) electrons. The molecule has 0 bridgehead atoms. The van der Waals surface area contributed by atoms with Crippen LogP contribution in [0.15, 0.2) is 91.5 Å². The van der Waals surface area contributed by atoms with Gasteiger partial charge in [0.25, 0.3) is 0 Å². The van der Waals surface area contributed by atoms with E-state index in [-0.39, 0.29) is 11.6 Å². The molecule has 0 aliphatic heterocycles. The fraction of sp³-hybridized carbons (Fsp3) is 0.0909. The van der Waals surface area contributed by atoms with Crippen molar-refractivity contribution in [3.8, 4) is 11.5 Å². The molecule has 0 N–H and O–H groups in total. The predicted octanol–water partition coefficient (Wildman–Crippen LogP) is 6.09. The van der Waals surface area contributed by atoms with Crippen molar-refractivity contribution in [3.63, 3.8) is 0 Å². The van der Waals surface area contributed by atoms with Gasteiger partial charge in [0.05, 0.1) is 0 Å². The fourth-order valence-electron chi connectivity index (χ4n) is 3.21. The van der Waals surface area contributed by atoms with Crippen LogP contribution in [0.1, 0.15) is 12.8 Å². The van der Waals surface area contributed by atoms with E-state index in [9.17, 15) is 8.78 Å². The molecule has 0 saturated carbocycles. The van der Waals surface area contributed by atoms with Crippen molar-refractivity contribution in [3.05, 3.63) is 103 Å². The van der Waals surface area contributed by atoms with Crippen molar-refractivity contribution in [1.29, 1.82) is 0 Å². The van der Waals surface area contributed by atoms with E-state index in [1.807, 2.05) is 12.2 Å². The molecule has 2 aromatic rings. The first-order valence-corrected chi connectivity index (χ1v) is 13.2. The normalized spacial score (nSPS) is 15.6. The van der Waals surface area contributed by atoms with E-state index in [4.69, 9.17) is 5.63 Å². The van der Waals surface area contributed by atoms with Gasteiger partial charge < -0.3 is 0 Å². The third kappa shape index (κ3) is 3.89. The number of allylic oxidation sites excluding steroid dienone is 8. The summed E-state index contributed by atoms with van der Waals surface area (Å²) in [7, 11) is 0. The van der Waals surface area contributed by atoms with Crippen LogP contribution in [-0.2, 0) is 21.1 Å². The van der Waals surface area contributed by atoms with Crippen molar-refractivity contribution in [2.24, 2.45) is 0 Å². The van der Waals surface area contributed by atoms with Gasteiger partial charge in [-0.2, -0.15) is 0 Å². The molecular weight excluding hydrogens is 425 g/mol. The van der Waals surface area contributed by atoms with Crippen molar-refractivity contribution < 1.29 is 35.6 Å². The summed E-state index contributed by atoms with van der Waals surface area (Å²) >= 11 is -4.07. The van der Waals surface area contributed by atoms with E-state index in [0.29, 0.717) is 11.5 Å². The number of hydrogen-bond donors (Lipinski definition) is 0. The second kappa shape index (κ2) is 7.78. The predicted molar refractivity (Wildman–Crippen MR) is 97.7 cm³/mol. The van der Waals surface area contributed by atoms with Crippen LogP contribution in [0, 0.1) is 11.6 Å². The van der Waals surface area contributed by atoms with Gasteiger partial charge in [0.1, 0.15) is 0 Å². The van der Waals surface area contributed by atoms with Gasteiger partial charge in [-0.3, -0.25) is 0 Å². The second-order valence-corrected chi connectivity index (χ2v) is 13.6. The van der Waals surface area contributed by atoms with Crippen molar-refractivity contribution in [1.82, 2.24) is 0 Å². The summed E-state index contributed by atoms with van der Waals surface area (Å²) in [5, 5.41) is 0. The van der Waals surface area contributed by atoms with E-state index < -0.39 is 21.1 Å². The topological polar surface area (TPSA) is 18.5 Å². The Balaban J connectivity index is 1.77. The minimum atomic E-state index is -4.07. The Morgan fingerprint density at radius 3 is 1.37 bits per heavy atom. The van der Waals surface area contributed by atoms with Gasteiger partial charge in [-0.05, 0) is 0 Å². The minimum absolute atomic E-state index is 0.314. The standard InChI is InChI=1S/2C6H5FO.2C5H5.Zr/c2*7-5-1-3-6(8)4-2-5;2*1-2-4-5-3-1;/h2*1-4,8H;2*1-3H,4H2;/q;;;;+2/p-2. The average Bonchev–Trinajstić information content (AvgIpc) is 3.39. The SMILES string of the molecule is Fc1ccc([O][Zr]([O]c2ccc(F)cc2)([C]2=CC=CC2)[C]2=CC=CC2)cc1. The first-order valence-electron chi connectivity index (χ1n) is 8.77. The molecule has 2 aromatic carbocycles. The van der Waals surface area contributed by atoms with Gasteiger partial charge in [-0.1, -0.05) is 0 Å². The average molecular weight is 444 g/mol. The van der Waals surface area contributed by atoms with Crippen LogP contribution in [0.3, 0.4) is 0 Å². The van der Waals surface area contributed by atoms with Gasteiger partial charge >= 0.3 is 163 Å². The zero-order valence-corrected chi connectivity index (χ0v) is 17.0. The monoisotopic (exact) mass is 442 g/mol. The molecule has 136 valence electrons. The summed E-state index contributed by atoms with van der Waals surface area (Å²) in [5.74, 6) is 0.530. The summed E-state index contributed by atoms with van der Waals surface area (Å²) in [6.45, 7) is 0. The van der Waals surface area contributed by atoms with Crippen molar-refractivity contribution in [2.75, 3.05) is 0 Å². The van der Waals surface area contributed by atoms with Crippen LogP contribution in [0.5, 0.6) is 11.5 Å². The van der Waals surface area contributed by atoms with E-state index in [1.54, 1.807) is 24.3 Å². The Bertz CT molecular complexity index is 862. The number of benzene rings is 2. The van der Waals surface area contributed by atoms with Crippen LogP contribution in [-0.4, -0.2) is 0 Å². The van der Waals surface area contributed by atoms with Crippen LogP contribution in [0.25, 0.3) is 0 Å². The molecule has 0 spiro atoms. The zero-order chi connectivity index (χ0) is 18.7. The van der Waals surface area contributed by atoms with Crippen molar-refractivity contribution >= 4 is 0 Å². The van der Waals surface area contributed by atoms with Gasteiger partial charge in [0.15, 0.2) is 0 Å². The van der Waals surface area contributed by atoms with Gasteiger partial charge in [0, 0.05) is 0 Å². The molecule has 2 aliphatic carbocycles. The quantitative estimate of drug-likeness (QED) is 0.538. The first kappa shape index (κ1) is 18.1. The fourth-order valence-corrected chi connectivity index (χ4v) is 11.4.